The molecule has 0 bridgehead atoms. The number of aromatic nitrogens is 1. The molecule has 1 heterocycles. The topological polar surface area (TPSA) is 59.4 Å². The van der Waals surface area contributed by atoms with Gasteiger partial charge in [0.1, 0.15) is 5.75 Å². The fraction of sp³-hybridized carbons (Fsp3) is 0.412. The van der Waals surface area contributed by atoms with E-state index in [-0.39, 0.29) is 11.3 Å². The summed E-state index contributed by atoms with van der Waals surface area (Å²) < 4.78 is 5.23. The maximum Gasteiger partial charge on any atom is 0.336 e. The molecule has 0 saturated carbocycles. The van der Waals surface area contributed by atoms with Crippen molar-refractivity contribution in [1.82, 2.24) is 4.98 Å². The third-order valence-electron chi connectivity index (χ3n) is 4.39. The predicted molar refractivity (Wildman–Crippen MR) is 81.3 cm³/mol. The number of rotatable bonds is 2. The Hall–Kier alpha value is -2.10. The molecule has 0 saturated heterocycles. The third kappa shape index (κ3) is 1.97. The lowest BCUT2D eigenvalue weighted by Gasteiger charge is -2.21. The number of carboxylic acids is 1. The summed E-state index contributed by atoms with van der Waals surface area (Å²) in [4.78, 5) is 16.6. The number of nitrogens with zero attached hydrogens (tertiary/aromatic N) is 1. The number of fused-ring (bicyclic) bond motifs is 2. The minimum absolute atomic E-state index is 0.174. The first-order chi connectivity index (χ1) is 9.85. The highest BCUT2D eigenvalue weighted by atomic mass is 16.5. The van der Waals surface area contributed by atoms with Crippen molar-refractivity contribution in [1.29, 1.82) is 0 Å². The number of methoxy groups -OCH3 is 1. The summed E-state index contributed by atoms with van der Waals surface area (Å²) in [6, 6.07) is 5.42. The van der Waals surface area contributed by atoms with Crippen LogP contribution in [-0.4, -0.2) is 23.2 Å². The monoisotopic (exact) mass is 285 g/mol. The second-order valence-corrected chi connectivity index (χ2v) is 6.42. The molecule has 2 aromatic rings. The summed E-state index contributed by atoms with van der Waals surface area (Å²) >= 11 is 0. The average molecular weight is 285 g/mol. The number of pyridine rings is 1. The molecule has 4 heteroatoms. The van der Waals surface area contributed by atoms with Gasteiger partial charge in [0.2, 0.25) is 0 Å². The Kier molecular flexibility index (Phi) is 2.94. The van der Waals surface area contributed by atoms with E-state index in [0.29, 0.717) is 16.7 Å². The molecule has 1 aromatic carbocycles. The number of benzene rings is 1. The van der Waals surface area contributed by atoms with Gasteiger partial charge < -0.3 is 9.84 Å². The molecule has 3 rings (SSSR count). The van der Waals surface area contributed by atoms with E-state index in [0.717, 1.165) is 23.2 Å². The number of aromatic carboxylic acids is 1. The van der Waals surface area contributed by atoms with Crippen molar-refractivity contribution >= 4 is 16.9 Å². The van der Waals surface area contributed by atoms with Crippen LogP contribution in [0.3, 0.4) is 0 Å². The Labute approximate surface area is 123 Å². The van der Waals surface area contributed by atoms with Gasteiger partial charge in [-0.1, -0.05) is 20.8 Å². The van der Waals surface area contributed by atoms with Gasteiger partial charge in [-0.15, -0.1) is 0 Å². The second-order valence-electron chi connectivity index (χ2n) is 6.42. The van der Waals surface area contributed by atoms with E-state index in [9.17, 15) is 9.90 Å². The van der Waals surface area contributed by atoms with Crippen LogP contribution in [0.15, 0.2) is 18.2 Å². The number of carboxylic acid groups (broad SMARTS) is 1. The van der Waals surface area contributed by atoms with E-state index in [1.807, 2.05) is 12.1 Å². The Morgan fingerprint density at radius 1 is 1.43 bits per heavy atom. The summed E-state index contributed by atoms with van der Waals surface area (Å²) in [6.45, 7) is 6.30. The third-order valence-corrected chi connectivity index (χ3v) is 4.39. The van der Waals surface area contributed by atoms with E-state index >= 15 is 0 Å². The molecular formula is C17H19NO3. The molecule has 4 nitrogen and oxygen atoms in total. The van der Waals surface area contributed by atoms with Crippen LogP contribution in [0, 0.1) is 0 Å². The standard InChI is InChI=1S/C17H19NO3/c1-9-8-17(2,3)14-13(16(19)20)11-7-10(21-4)5-6-12(11)18-15(9)14/h5-7,9H,8H2,1-4H3,(H,19,20). The average Bonchev–Trinajstić information content (AvgIpc) is 2.65. The first-order valence-corrected chi connectivity index (χ1v) is 7.10. The van der Waals surface area contributed by atoms with E-state index in [1.54, 1.807) is 13.2 Å². The van der Waals surface area contributed by atoms with Gasteiger partial charge in [-0.2, -0.15) is 0 Å². The van der Waals surface area contributed by atoms with Crippen LogP contribution in [0.1, 0.15) is 54.7 Å². The molecule has 0 amide bonds. The highest BCUT2D eigenvalue weighted by Gasteiger charge is 2.40. The Bertz CT molecular complexity index is 749. The highest BCUT2D eigenvalue weighted by molar-refractivity contribution is 6.05. The van der Waals surface area contributed by atoms with E-state index < -0.39 is 5.97 Å². The fourth-order valence-corrected chi connectivity index (χ4v) is 3.62. The van der Waals surface area contributed by atoms with Crippen LogP contribution in [0.2, 0.25) is 0 Å². The molecule has 0 spiro atoms. The lowest BCUT2D eigenvalue weighted by atomic mass is 9.83. The minimum Gasteiger partial charge on any atom is -0.497 e. The molecule has 1 unspecified atom stereocenters. The van der Waals surface area contributed by atoms with Gasteiger partial charge in [0.25, 0.3) is 0 Å². The zero-order chi connectivity index (χ0) is 15.4. The molecule has 1 aromatic heterocycles. The van der Waals surface area contributed by atoms with Gasteiger partial charge in [-0.25, -0.2) is 4.79 Å². The van der Waals surface area contributed by atoms with Crippen LogP contribution in [0.25, 0.3) is 10.9 Å². The first-order valence-electron chi connectivity index (χ1n) is 7.10. The molecule has 1 atom stereocenters. The maximum absolute atomic E-state index is 11.9. The van der Waals surface area contributed by atoms with Gasteiger partial charge in [0.05, 0.1) is 18.2 Å². The predicted octanol–water partition coefficient (Wildman–Crippen LogP) is 3.73. The van der Waals surface area contributed by atoms with E-state index in [1.165, 1.54) is 0 Å². The number of ether oxygens (including phenoxy) is 1. The summed E-state index contributed by atoms with van der Waals surface area (Å²) in [5.41, 5.74) is 2.73. The second kappa shape index (κ2) is 4.45. The smallest absolute Gasteiger partial charge is 0.336 e. The van der Waals surface area contributed by atoms with Crippen LogP contribution in [0.4, 0.5) is 0 Å². The first kappa shape index (κ1) is 13.9. The van der Waals surface area contributed by atoms with Crippen molar-refractivity contribution in [3.8, 4) is 5.75 Å². The fourth-order valence-electron chi connectivity index (χ4n) is 3.62. The summed E-state index contributed by atoms with van der Waals surface area (Å²) in [5, 5.41) is 10.4. The Morgan fingerprint density at radius 2 is 2.14 bits per heavy atom. The number of hydrogen-bond acceptors (Lipinski definition) is 3. The lowest BCUT2D eigenvalue weighted by molar-refractivity contribution is 0.0696. The van der Waals surface area contributed by atoms with E-state index in [2.05, 4.69) is 20.8 Å². The highest BCUT2D eigenvalue weighted by Crippen LogP contribution is 2.48. The van der Waals surface area contributed by atoms with Crippen molar-refractivity contribution in [2.24, 2.45) is 0 Å². The zero-order valence-electron chi connectivity index (χ0n) is 12.7. The van der Waals surface area contributed by atoms with Crippen LogP contribution in [-0.2, 0) is 5.41 Å². The normalized spacial score (nSPS) is 19.5. The quantitative estimate of drug-likeness (QED) is 0.913. The van der Waals surface area contributed by atoms with Gasteiger partial charge in [-0.05, 0) is 41.5 Å². The molecular weight excluding hydrogens is 266 g/mol. The van der Waals surface area contributed by atoms with Crippen molar-refractivity contribution in [2.75, 3.05) is 7.11 Å². The molecule has 110 valence electrons. The molecule has 0 aliphatic heterocycles. The van der Waals surface area contributed by atoms with Crippen molar-refractivity contribution in [2.45, 2.75) is 38.5 Å². The molecule has 1 N–H and O–H groups in total. The lowest BCUT2D eigenvalue weighted by Crippen LogP contribution is -2.18. The Morgan fingerprint density at radius 3 is 2.76 bits per heavy atom. The minimum atomic E-state index is -0.894. The number of hydrogen-bond donors (Lipinski definition) is 1. The zero-order valence-corrected chi connectivity index (χ0v) is 12.7. The summed E-state index contributed by atoms with van der Waals surface area (Å²) in [7, 11) is 1.58. The number of carbonyl (C=O) groups is 1. The molecule has 0 radical (unpaired) electrons. The van der Waals surface area contributed by atoms with Crippen LogP contribution in [0.5, 0.6) is 5.75 Å². The summed E-state index contributed by atoms with van der Waals surface area (Å²) in [6.07, 6.45) is 0.920. The van der Waals surface area contributed by atoms with Crippen LogP contribution < -0.4 is 4.74 Å². The van der Waals surface area contributed by atoms with Gasteiger partial charge in [0, 0.05) is 11.1 Å². The Balaban J connectivity index is 2.46. The molecule has 1 aliphatic rings. The van der Waals surface area contributed by atoms with E-state index in [4.69, 9.17) is 9.72 Å². The van der Waals surface area contributed by atoms with Crippen molar-refractivity contribution in [3.05, 3.63) is 35.0 Å². The largest absolute Gasteiger partial charge is 0.497 e. The summed E-state index contributed by atoms with van der Waals surface area (Å²) in [5.74, 6) is 0.0317. The van der Waals surface area contributed by atoms with Gasteiger partial charge in [0.15, 0.2) is 0 Å². The maximum atomic E-state index is 11.9. The van der Waals surface area contributed by atoms with Crippen LogP contribution >= 0.6 is 0 Å². The van der Waals surface area contributed by atoms with Gasteiger partial charge in [-0.3, -0.25) is 4.98 Å². The molecule has 1 aliphatic carbocycles. The van der Waals surface area contributed by atoms with Crippen molar-refractivity contribution < 1.29 is 14.6 Å². The molecule has 0 fully saturated rings. The van der Waals surface area contributed by atoms with Gasteiger partial charge >= 0.3 is 5.97 Å². The molecule has 21 heavy (non-hydrogen) atoms. The SMILES string of the molecule is COc1ccc2nc3c(c(C(=O)O)c2c1)C(C)(C)CC3C. The van der Waals surface area contributed by atoms with Crippen molar-refractivity contribution in [3.63, 3.8) is 0 Å².